The van der Waals surface area contributed by atoms with Crippen molar-refractivity contribution in [3.8, 4) is 0 Å². The predicted octanol–water partition coefficient (Wildman–Crippen LogP) is -0.996. The highest BCUT2D eigenvalue weighted by Crippen LogP contribution is 2.21. The molecule has 64 valence electrons. The zero-order chi connectivity index (χ0) is 8.72. The zero-order valence-electron chi connectivity index (χ0n) is 6.34. The van der Waals surface area contributed by atoms with Crippen LogP contribution in [0.15, 0.2) is 23.9 Å². The smallest absolute Gasteiger partial charge is 0.251 e. The highest BCUT2D eigenvalue weighted by Gasteiger charge is 2.30. The molecule has 0 aliphatic carbocycles. The van der Waals surface area contributed by atoms with Crippen molar-refractivity contribution in [3.05, 3.63) is 23.9 Å². The second-order valence-corrected chi connectivity index (χ2v) is 2.93. The number of aliphatic hydroxyl groups is 2. The first-order valence-electron chi connectivity index (χ1n) is 3.76. The molecule has 4 heteroatoms. The van der Waals surface area contributed by atoms with Crippen LogP contribution in [0, 0.1) is 0 Å². The Labute approximate surface area is 69.4 Å². The maximum absolute atomic E-state index is 11.1. The van der Waals surface area contributed by atoms with E-state index in [0.29, 0.717) is 5.70 Å². The van der Waals surface area contributed by atoms with Crippen LogP contribution in [0.25, 0.3) is 0 Å². The number of hydrogen-bond donors (Lipinski definition) is 2. The van der Waals surface area contributed by atoms with Crippen molar-refractivity contribution >= 4 is 5.91 Å². The molecule has 2 heterocycles. The summed E-state index contributed by atoms with van der Waals surface area (Å²) in [7, 11) is 0. The van der Waals surface area contributed by atoms with Crippen LogP contribution < -0.4 is 0 Å². The summed E-state index contributed by atoms with van der Waals surface area (Å²) in [5, 5.41) is 18.4. The van der Waals surface area contributed by atoms with Crippen molar-refractivity contribution in [2.45, 2.75) is 12.2 Å². The minimum absolute atomic E-state index is 0.132. The number of nitrogens with zero attached hydrogens (tertiary/aromatic N) is 1. The standard InChI is InChI=1S/C8H9NO3/c10-6-3-5-1-2-8(12)9(5)4-7(6)11/h1-3,6-7,10-11H,4H2/t6-,7-/m0/s1. The first kappa shape index (κ1) is 7.52. The van der Waals surface area contributed by atoms with Crippen LogP contribution in [0.2, 0.25) is 0 Å². The lowest BCUT2D eigenvalue weighted by Crippen LogP contribution is -2.42. The van der Waals surface area contributed by atoms with Crippen molar-refractivity contribution in [2.24, 2.45) is 0 Å². The Kier molecular flexibility index (Phi) is 1.52. The van der Waals surface area contributed by atoms with E-state index in [0.717, 1.165) is 0 Å². The van der Waals surface area contributed by atoms with Crippen LogP contribution in [0.5, 0.6) is 0 Å². The van der Waals surface area contributed by atoms with Gasteiger partial charge in [-0.15, -0.1) is 0 Å². The third kappa shape index (κ3) is 0.964. The molecular weight excluding hydrogens is 158 g/mol. The molecular formula is C8H9NO3. The number of aliphatic hydroxyl groups excluding tert-OH is 2. The van der Waals surface area contributed by atoms with Gasteiger partial charge in [-0.25, -0.2) is 0 Å². The highest BCUT2D eigenvalue weighted by molar-refractivity contribution is 5.93. The number of carbonyl (C=O) groups is 1. The fourth-order valence-corrected chi connectivity index (χ4v) is 1.39. The van der Waals surface area contributed by atoms with Crippen LogP contribution in [0.1, 0.15) is 0 Å². The molecule has 2 aliphatic heterocycles. The molecule has 0 bridgehead atoms. The van der Waals surface area contributed by atoms with Gasteiger partial charge >= 0.3 is 0 Å². The molecule has 0 saturated heterocycles. The van der Waals surface area contributed by atoms with Crippen molar-refractivity contribution in [1.82, 2.24) is 4.90 Å². The fraction of sp³-hybridized carbons (Fsp3) is 0.375. The lowest BCUT2D eigenvalue weighted by molar-refractivity contribution is -0.125. The number of allylic oxidation sites excluding steroid dienone is 1. The minimum Gasteiger partial charge on any atom is -0.388 e. The fourth-order valence-electron chi connectivity index (χ4n) is 1.39. The second kappa shape index (κ2) is 2.43. The van der Waals surface area contributed by atoms with Gasteiger partial charge in [0.2, 0.25) is 0 Å². The average molecular weight is 167 g/mol. The molecule has 0 aromatic heterocycles. The van der Waals surface area contributed by atoms with Crippen molar-refractivity contribution in [3.63, 3.8) is 0 Å². The zero-order valence-corrected chi connectivity index (χ0v) is 6.34. The summed E-state index contributed by atoms with van der Waals surface area (Å²) in [6, 6.07) is 0. The maximum atomic E-state index is 11.1. The molecule has 4 nitrogen and oxygen atoms in total. The molecule has 2 rings (SSSR count). The highest BCUT2D eigenvalue weighted by atomic mass is 16.3. The van der Waals surface area contributed by atoms with Gasteiger partial charge < -0.3 is 15.1 Å². The normalized spacial score (nSPS) is 33.7. The van der Waals surface area contributed by atoms with Crippen LogP contribution in [-0.4, -0.2) is 39.8 Å². The first-order chi connectivity index (χ1) is 5.68. The summed E-state index contributed by atoms with van der Waals surface area (Å²) in [6.07, 6.45) is 2.83. The third-order valence-corrected chi connectivity index (χ3v) is 2.08. The summed E-state index contributed by atoms with van der Waals surface area (Å²) < 4.78 is 0. The Balaban J connectivity index is 2.30. The Bertz CT molecular complexity index is 282. The Hall–Kier alpha value is -1.13. The number of hydrogen-bond acceptors (Lipinski definition) is 3. The second-order valence-electron chi connectivity index (χ2n) is 2.93. The van der Waals surface area contributed by atoms with Gasteiger partial charge in [0, 0.05) is 11.8 Å². The number of fused-ring (bicyclic) bond motifs is 1. The number of rotatable bonds is 0. The lowest BCUT2D eigenvalue weighted by atomic mass is 10.1. The van der Waals surface area contributed by atoms with Gasteiger partial charge in [0.1, 0.15) is 12.2 Å². The van der Waals surface area contributed by atoms with E-state index in [1.165, 1.54) is 17.1 Å². The topological polar surface area (TPSA) is 60.8 Å². The molecule has 0 aromatic carbocycles. The molecule has 0 saturated carbocycles. The molecule has 0 unspecified atom stereocenters. The summed E-state index contributed by atoms with van der Waals surface area (Å²) in [5.41, 5.74) is 0.679. The van der Waals surface area contributed by atoms with Gasteiger partial charge in [0.25, 0.3) is 5.91 Å². The van der Waals surface area contributed by atoms with Gasteiger partial charge in [0.15, 0.2) is 0 Å². The Morgan fingerprint density at radius 3 is 2.92 bits per heavy atom. The Morgan fingerprint density at radius 2 is 2.17 bits per heavy atom. The predicted molar refractivity (Wildman–Crippen MR) is 40.9 cm³/mol. The van der Waals surface area contributed by atoms with Crippen LogP contribution in [-0.2, 0) is 4.79 Å². The van der Waals surface area contributed by atoms with E-state index in [1.807, 2.05) is 0 Å². The van der Waals surface area contributed by atoms with Gasteiger partial charge in [-0.2, -0.15) is 0 Å². The molecule has 1 amide bonds. The van der Waals surface area contributed by atoms with E-state index >= 15 is 0 Å². The molecule has 0 aromatic rings. The molecule has 0 fully saturated rings. The van der Waals surface area contributed by atoms with Crippen molar-refractivity contribution in [1.29, 1.82) is 0 Å². The molecule has 0 radical (unpaired) electrons. The van der Waals surface area contributed by atoms with E-state index in [1.54, 1.807) is 6.08 Å². The van der Waals surface area contributed by atoms with Crippen LogP contribution in [0.4, 0.5) is 0 Å². The third-order valence-electron chi connectivity index (χ3n) is 2.08. The van der Waals surface area contributed by atoms with Gasteiger partial charge in [0.05, 0.1) is 6.54 Å². The van der Waals surface area contributed by atoms with Gasteiger partial charge in [-0.1, -0.05) is 0 Å². The van der Waals surface area contributed by atoms with E-state index in [9.17, 15) is 15.0 Å². The van der Waals surface area contributed by atoms with E-state index < -0.39 is 12.2 Å². The van der Waals surface area contributed by atoms with Gasteiger partial charge in [-0.3, -0.25) is 4.79 Å². The molecule has 12 heavy (non-hydrogen) atoms. The molecule has 0 spiro atoms. The lowest BCUT2D eigenvalue weighted by Gasteiger charge is -2.28. The number of carbonyl (C=O) groups excluding carboxylic acids is 1. The Morgan fingerprint density at radius 1 is 1.42 bits per heavy atom. The van der Waals surface area contributed by atoms with Crippen LogP contribution in [0.3, 0.4) is 0 Å². The quantitative estimate of drug-likeness (QED) is 0.486. The van der Waals surface area contributed by atoms with Crippen molar-refractivity contribution in [2.75, 3.05) is 6.54 Å². The largest absolute Gasteiger partial charge is 0.388 e. The van der Waals surface area contributed by atoms with Crippen LogP contribution >= 0.6 is 0 Å². The molecule has 2 N–H and O–H groups in total. The van der Waals surface area contributed by atoms with Crippen molar-refractivity contribution < 1.29 is 15.0 Å². The van der Waals surface area contributed by atoms with E-state index in [-0.39, 0.29) is 12.5 Å². The summed E-state index contributed by atoms with van der Waals surface area (Å²) in [5.74, 6) is -0.132. The average Bonchev–Trinajstić information content (AvgIpc) is 2.35. The SMILES string of the molecule is O=C1C=CC2=C[C@H](O)[C@@H](O)CN12. The van der Waals surface area contributed by atoms with E-state index in [4.69, 9.17) is 0 Å². The summed E-state index contributed by atoms with van der Waals surface area (Å²) >= 11 is 0. The first-order valence-corrected chi connectivity index (χ1v) is 3.76. The maximum Gasteiger partial charge on any atom is 0.251 e. The minimum atomic E-state index is -0.863. The summed E-state index contributed by atoms with van der Waals surface area (Å²) in [4.78, 5) is 12.5. The monoisotopic (exact) mass is 167 g/mol. The molecule has 2 aliphatic rings. The molecule has 2 atom stereocenters. The van der Waals surface area contributed by atoms with Gasteiger partial charge in [-0.05, 0) is 12.2 Å². The van der Waals surface area contributed by atoms with E-state index in [2.05, 4.69) is 0 Å². The summed E-state index contributed by atoms with van der Waals surface area (Å²) in [6.45, 7) is 0.179. The number of amides is 1.